The Morgan fingerprint density at radius 3 is 2.96 bits per heavy atom. The van der Waals surface area contributed by atoms with Crippen molar-refractivity contribution in [2.75, 3.05) is 0 Å². The highest BCUT2D eigenvalue weighted by atomic mass is 16.5. The number of aliphatic hydroxyl groups excluding tert-OH is 2. The van der Waals surface area contributed by atoms with E-state index in [0.29, 0.717) is 12.8 Å². The van der Waals surface area contributed by atoms with Gasteiger partial charge in [0, 0.05) is 31.1 Å². The summed E-state index contributed by atoms with van der Waals surface area (Å²) in [5, 5.41) is 28.8. The normalized spacial score (nSPS) is 30.3. The molecule has 0 aromatic heterocycles. The molecular formula is C21H31NO4. The summed E-state index contributed by atoms with van der Waals surface area (Å²) in [6, 6.07) is 1.63. The van der Waals surface area contributed by atoms with E-state index in [2.05, 4.69) is 6.92 Å². The average Bonchev–Trinajstić information content (AvgIpc) is 3.13. The second kappa shape index (κ2) is 10.5. The van der Waals surface area contributed by atoms with Gasteiger partial charge in [0.25, 0.3) is 0 Å². The number of ether oxygens (including phenoxy) is 1. The van der Waals surface area contributed by atoms with Gasteiger partial charge in [0.15, 0.2) is 0 Å². The molecule has 0 aromatic rings. The number of ketones is 1. The van der Waals surface area contributed by atoms with Gasteiger partial charge in [-0.1, -0.05) is 38.3 Å². The fraction of sp³-hybridized carbons (Fsp3) is 0.714. The molecule has 0 amide bonds. The molecule has 0 aromatic carbocycles. The Hall–Kier alpha value is -1.64. The van der Waals surface area contributed by atoms with Crippen LogP contribution in [0, 0.1) is 23.2 Å². The van der Waals surface area contributed by atoms with E-state index in [-0.39, 0.29) is 30.1 Å². The van der Waals surface area contributed by atoms with E-state index in [4.69, 9.17) is 10.00 Å². The summed E-state index contributed by atoms with van der Waals surface area (Å²) in [6.07, 6.45) is 12.1. The first-order valence-corrected chi connectivity index (χ1v) is 9.88. The Morgan fingerprint density at radius 1 is 1.42 bits per heavy atom. The number of carbonyl (C=O) groups excluding carboxylic acids is 1. The van der Waals surface area contributed by atoms with Gasteiger partial charge in [-0.15, -0.1) is 0 Å². The molecule has 0 bridgehead atoms. The molecule has 5 atom stereocenters. The third-order valence-electron chi connectivity index (χ3n) is 5.39. The lowest BCUT2D eigenvalue weighted by Crippen LogP contribution is -2.18. The molecule has 5 heteroatoms. The topological polar surface area (TPSA) is 90.5 Å². The van der Waals surface area contributed by atoms with Gasteiger partial charge in [-0.2, -0.15) is 5.26 Å². The zero-order valence-electron chi connectivity index (χ0n) is 15.6. The molecule has 1 saturated carbocycles. The monoisotopic (exact) mass is 361 g/mol. The third-order valence-corrected chi connectivity index (χ3v) is 5.39. The molecule has 2 rings (SSSR count). The average molecular weight is 361 g/mol. The lowest BCUT2D eigenvalue weighted by atomic mass is 9.90. The number of unbranched alkanes of at least 4 members (excludes halogenated alkanes) is 3. The van der Waals surface area contributed by atoms with E-state index in [0.717, 1.165) is 44.3 Å². The van der Waals surface area contributed by atoms with Gasteiger partial charge in [-0.25, -0.2) is 0 Å². The molecule has 0 spiro atoms. The van der Waals surface area contributed by atoms with E-state index < -0.39 is 12.2 Å². The van der Waals surface area contributed by atoms with Crippen molar-refractivity contribution in [3.63, 3.8) is 0 Å². The Bertz CT molecular complexity index is 563. The molecule has 5 nitrogen and oxygen atoms in total. The fourth-order valence-electron chi connectivity index (χ4n) is 3.92. The largest absolute Gasteiger partial charge is 0.495 e. The maximum absolute atomic E-state index is 11.0. The lowest BCUT2D eigenvalue weighted by molar-refractivity contribution is -0.114. The van der Waals surface area contributed by atoms with Crippen LogP contribution in [-0.4, -0.2) is 34.3 Å². The minimum absolute atomic E-state index is 0.0203. The van der Waals surface area contributed by atoms with Crippen LogP contribution in [0.5, 0.6) is 0 Å². The smallest absolute Gasteiger partial charge is 0.231 e. The summed E-state index contributed by atoms with van der Waals surface area (Å²) in [6.45, 7) is 2.14. The molecule has 1 aliphatic carbocycles. The maximum Gasteiger partial charge on any atom is 0.231 e. The maximum atomic E-state index is 11.0. The van der Waals surface area contributed by atoms with Crippen LogP contribution in [0.15, 0.2) is 24.0 Å². The number of nitrogens with zero attached hydrogens (tertiary/aromatic N) is 1. The van der Waals surface area contributed by atoms with Crippen molar-refractivity contribution in [2.45, 2.75) is 83.0 Å². The van der Waals surface area contributed by atoms with Gasteiger partial charge in [0.05, 0.1) is 18.0 Å². The number of hydrogen-bond donors (Lipinski definition) is 2. The molecule has 144 valence electrons. The molecule has 2 fully saturated rings. The molecule has 1 saturated heterocycles. The van der Waals surface area contributed by atoms with Crippen LogP contribution in [0.3, 0.4) is 0 Å². The summed E-state index contributed by atoms with van der Waals surface area (Å²) >= 11 is 0. The summed E-state index contributed by atoms with van der Waals surface area (Å²) in [7, 11) is 0. The van der Waals surface area contributed by atoms with E-state index >= 15 is 0 Å². The number of aliphatic hydroxyl groups is 2. The Balaban J connectivity index is 1.82. The van der Waals surface area contributed by atoms with E-state index in [1.807, 2.05) is 18.2 Å². The minimum atomic E-state index is -0.442. The highest BCUT2D eigenvalue weighted by Gasteiger charge is 2.46. The van der Waals surface area contributed by atoms with Gasteiger partial charge < -0.3 is 14.9 Å². The number of carbonyl (C=O) groups is 1. The van der Waals surface area contributed by atoms with E-state index in [1.54, 1.807) is 6.07 Å². The fourth-order valence-corrected chi connectivity index (χ4v) is 3.92. The van der Waals surface area contributed by atoms with Crippen LogP contribution in [-0.2, 0) is 9.53 Å². The summed E-state index contributed by atoms with van der Waals surface area (Å²) in [5.41, 5.74) is 0. The van der Waals surface area contributed by atoms with Crippen molar-refractivity contribution in [3.8, 4) is 6.07 Å². The molecule has 2 N–H and O–H groups in total. The predicted molar refractivity (Wildman–Crippen MR) is 98.9 cm³/mol. The van der Waals surface area contributed by atoms with Crippen LogP contribution in [0.1, 0.15) is 64.7 Å². The van der Waals surface area contributed by atoms with Crippen molar-refractivity contribution in [3.05, 3.63) is 24.0 Å². The third kappa shape index (κ3) is 5.96. The Kier molecular flexibility index (Phi) is 8.34. The molecule has 26 heavy (non-hydrogen) atoms. The van der Waals surface area contributed by atoms with Crippen molar-refractivity contribution in [1.29, 1.82) is 5.26 Å². The Morgan fingerprint density at radius 2 is 2.23 bits per heavy atom. The number of rotatable bonds is 10. The quantitative estimate of drug-likeness (QED) is 0.353. The first kappa shape index (κ1) is 20.7. The predicted octanol–water partition coefficient (Wildman–Crippen LogP) is 3.42. The Labute approximate surface area is 156 Å². The van der Waals surface area contributed by atoms with Crippen molar-refractivity contribution < 1.29 is 19.7 Å². The molecule has 1 heterocycles. The van der Waals surface area contributed by atoms with Gasteiger partial charge in [-0.05, 0) is 25.3 Å². The number of Topliss-reactive ketones (excluding diaryl/α,β-unsaturated/α-hetero) is 1. The van der Waals surface area contributed by atoms with Crippen LogP contribution < -0.4 is 0 Å². The van der Waals surface area contributed by atoms with Gasteiger partial charge in [-0.3, -0.25) is 4.79 Å². The molecule has 0 unspecified atom stereocenters. The highest BCUT2D eigenvalue weighted by molar-refractivity contribution is 5.93. The van der Waals surface area contributed by atoms with E-state index in [1.165, 1.54) is 0 Å². The zero-order chi connectivity index (χ0) is 18.9. The zero-order valence-corrected chi connectivity index (χ0v) is 15.6. The number of nitriles is 1. The summed E-state index contributed by atoms with van der Waals surface area (Å²) < 4.78 is 5.96. The first-order chi connectivity index (χ1) is 12.5. The molecule has 0 radical (unpaired) electrons. The molecule has 1 aliphatic heterocycles. The summed E-state index contributed by atoms with van der Waals surface area (Å²) in [5.74, 6) is 0.819. The highest BCUT2D eigenvalue weighted by Crippen LogP contribution is 2.45. The first-order valence-electron chi connectivity index (χ1n) is 9.88. The van der Waals surface area contributed by atoms with E-state index in [9.17, 15) is 15.0 Å². The number of allylic oxidation sites excluding steroid dienone is 2. The second-order valence-corrected chi connectivity index (χ2v) is 7.45. The van der Waals surface area contributed by atoms with Gasteiger partial charge in [0.1, 0.15) is 12.2 Å². The van der Waals surface area contributed by atoms with Crippen LogP contribution in [0.2, 0.25) is 0 Å². The minimum Gasteiger partial charge on any atom is -0.495 e. The standard InChI is InChI=1S/C21H31NO4/c1-2-3-4-7-15(23)10-11-18-19-12-17(26-21(19)13-20(18)25)9-6-5-8-16(24)14-22/h9-11,15,18-21,23,25H,2-8,12-13H2,1H3/b11-10+,17-9-/t15-,18+,19+,20+,21-/m0/s1. The summed E-state index contributed by atoms with van der Waals surface area (Å²) in [4.78, 5) is 11.0. The van der Waals surface area contributed by atoms with Gasteiger partial charge in [0.2, 0.25) is 5.78 Å². The van der Waals surface area contributed by atoms with Crippen LogP contribution >= 0.6 is 0 Å². The van der Waals surface area contributed by atoms with Gasteiger partial charge >= 0.3 is 0 Å². The van der Waals surface area contributed by atoms with Crippen molar-refractivity contribution in [1.82, 2.24) is 0 Å². The van der Waals surface area contributed by atoms with Crippen LogP contribution in [0.4, 0.5) is 0 Å². The lowest BCUT2D eigenvalue weighted by Gasteiger charge is -2.16. The van der Waals surface area contributed by atoms with Crippen LogP contribution in [0.25, 0.3) is 0 Å². The second-order valence-electron chi connectivity index (χ2n) is 7.45. The molecular weight excluding hydrogens is 330 g/mol. The van der Waals surface area contributed by atoms with Crippen molar-refractivity contribution in [2.24, 2.45) is 11.8 Å². The molecule has 2 aliphatic rings. The van der Waals surface area contributed by atoms with Crippen molar-refractivity contribution >= 4 is 5.78 Å². The number of fused-ring (bicyclic) bond motifs is 1. The SMILES string of the molecule is CCCCC[C@H](O)/C=C/[C@@H]1[C@H]2C/C(=C/CCCC(=O)C#N)O[C@H]2C[C@H]1O. The number of hydrogen-bond acceptors (Lipinski definition) is 5.